The highest BCUT2D eigenvalue weighted by Crippen LogP contribution is 2.08. The van der Waals surface area contributed by atoms with E-state index in [2.05, 4.69) is 10.6 Å². The largest absolute Gasteiger partial charge is 0.338 e. The molecule has 1 aromatic carbocycles. The summed E-state index contributed by atoms with van der Waals surface area (Å²) >= 11 is 0. The molecule has 0 saturated heterocycles. The molecule has 0 saturated carbocycles. The standard InChI is InChI=1S/C12H19N3O/c1-10-5-4-6-11(9-10)15-12(16)14-8-3-2-7-13/h4-6,9H,2-3,7-8,13H2,1H3,(H2,14,15,16). The number of hydrogen-bond acceptors (Lipinski definition) is 2. The molecule has 0 aliphatic rings. The third-order valence-corrected chi connectivity index (χ3v) is 2.19. The molecular weight excluding hydrogens is 202 g/mol. The number of anilines is 1. The molecule has 0 aliphatic carbocycles. The highest BCUT2D eigenvalue weighted by molar-refractivity contribution is 5.89. The summed E-state index contributed by atoms with van der Waals surface area (Å²) in [6.45, 7) is 3.32. The second-order valence-electron chi connectivity index (χ2n) is 3.75. The van der Waals surface area contributed by atoms with Gasteiger partial charge in [0, 0.05) is 12.2 Å². The number of urea groups is 1. The Balaban J connectivity index is 2.29. The maximum absolute atomic E-state index is 11.4. The summed E-state index contributed by atoms with van der Waals surface area (Å²) in [4.78, 5) is 11.4. The number of rotatable bonds is 5. The highest BCUT2D eigenvalue weighted by atomic mass is 16.2. The fourth-order valence-corrected chi connectivity index (χ4v) is 1.37. The molecule has 0 unspecified atom stereocenters. The number of aryl methyl sites for hydroxylation is 1. The molecule has 0 aliphatic heterocycles. The maximum Gasteiger partial charge on any atom is 0.319 e. The molecule has 1 aromatic rings. The van der Waals surface area contributed by atoms with Crippen molar-refractivity contribution in [1.29, 1.82) is 0 Å². The summed E-state index contributed by atoms with van der Waals surface area (Å²) in [5.41, 5.74) is 7.30. The van der Waals surface area contributed by atoms with E-state index in [0.717, 1.165) is 24.1 Å². The van der Waals surface area contributed by atoms with Crippen molar-refractivity contribution in [2.75, 3.05) is 18.4 Å². The number of benzene rings is 1. The van der Waals surface area contributed by atoms with Crippen LogP contribution in [0, 0.1) is 6.92 Å². The van der Waals surface area contributed by atoms with Gasteiger partial charge in [-0.1, -0.05) is 12.1 Å². The zero-order valence-electron chi connectivity index (χ0n) is 9.62. The molecule has 0 spiro atoms. The molecule has 88 valence electrons. The minimum atomic E-state index is -0.164. The molecule has 4 nitrogen and oxygen atoms in total. The predicted molar refractivity (Wildman–Crippen MR) is 66.5 cm³/mol. The highest BCUT2D eigenvalue weighted by Gasteiger charge is 2.00. The van der Waals surface area contributed by atoms with Crippen molar-refractivity contribution >= 4 is 11.7 Å². The second kappa shape index (κ2) is 6.85. The van der Waals surface area contributed by atoms with E-state index in [-0.39, 0.29) is 6.03 Å². The maximum atomic E-state index is 11.4. The minimum Gasteiger partial charge on any atom is -0.338 e. The fraction of sp³-hybridized carbons (Fsp3) is 0.417. The lowest BCUT2D eigenvalue weighted by molar-refractivity contribution is 0.252. The van der Waals surface area contributed by atoms with Gasteiger partial charge in [0.2, 0.25) is 0 Å². The number of hydrogen-bond donors (Lipinski definition) is 3. The van der Waals surface area contributed by atoms with Gasteiger partial charge in [-0.3, -0.25) is 0 Å². The van der Waals surface area contributed by atoms with Crippen LogP contribution in [0.15, 0.2) is 24.3 Å². The van der Waals surface area contributed by atoms with Crippen molar-refractivity contribution in [3.8, 4) is 0 Å². The summed E-state index contributed by atoms with van der Waals surface area (Å²) in [6, 6.07) is 7.54. The monoisotopic (exact) mass is 221 g/mol. The fourth-order valence-electron chi connectivity index (χ4n) is 1.37. The molecule has 0 atom stereocenters. The van der Waals surface area contributed by atoms with Crippen LogP contribution in [0.1, 0.15) is 18.4 Å². The van der Waals surface area contributed by atoms with Crippen molar-refractivity contribution in [3.05, 3.63) is 29.8 Å². The lowest BCUT2D eigenvalue weighted by Crippen LogP contribution is -2.29. The second-order valence-corrected chi connectivity index (χ2v) is 3.75. The molecule has 0 fully saturated rings. The zero-order chi connectivity index (χ0) is 11.8. The molecule has 4 heteroatoms. The molecule has 1 rings (SSSR count). The van der Waals surface area contributed by atoms with Crippen LogP contribution in [0.25, 0.3) is 0 Å². The van der Waals surface area contributed by atoms with Gasteiger partial charge in [-0.05, 0) is 44.0 Å². The quantitative estimate of drug-likeness (QED) is 0.664. The average Bonchev–Trinajstić information content (AvgIpc) is 2.24. The van der Waals surface area contributed by atoms with Crippen molar-refractivity contribution in [3.63, 3.8) is 0 Å². The average molecular weight is 221 g/mol. The van der Waals surface area contributed by atoms with Crippen LogP contribution in [0.5, 0.6) is 0 Å². The lowest BCUT2D eigenvalue weighted by atomic mass is 10.2. The molecule has 0 aromatic heterocycles. The van der Waals surface area contributed by atoms with Crippen LogP contribution in [0.2, 0.25) is 0 Å². The Morgan fingerprint density at radius 3 is 2.88 bits per heavy atom. The summed E-state index contributed by atoms with van der Waals surface area (Å²) in [5.74, 6) is 0. The van der Waals surface area contributed by atoms with E-state index in [1.165, 1.54) is 0 Å². The van der Waals surface area contributed by atoms with E-state index >= 15 is 0 Å². The van der Waals surface area contributed by atoms with Crippen LogP contribution in [-0.4, -0.2) is 19.1 Å². The Morgan fingerprint density at radius 1 is 1.38 bits per heavy atom. The number of carbonyl (C=O) groups is 1. The molecule has 4 N–H and O–H groups in total. The Bertz CT molecular complexity index is 339. The number of carbonyl (C=O) groups excluding carboxylic acids is 1. The topological polar surface area (TPSA) is 67.2 Å². The smallest absolute Gasteiger partial charge is 0.319 e. The van der Waals surface area contributed by atoms with Gasteiger partial charge in [0.15, 0.2) is 0 Å². The number of nitrogens with two attached hydrogens (primary N) is 1. The van der Waals surface area contributed by atoms with Crippen LogP contribution in [0.4, 0.5) is 10.5 Å². The number of unbranched alkanes of at least 4 members (excludes halogenated alkanes) is 1. The molecule has 16 heavy (non-hydrogen) atoms. The zero-order valence-corrected chi connectivity index (χ0v) is 9.62. The Morgan fingerprint density at radius 2 is 2.19 bits per heavy atom. The van der Waals surface area contributed by atoms with Crippen molar-refractivity contribution < 1.29 is 4.79 Å². The number of nitrogens with one attached hydrogen (secondary N) is 2. The van der Waals surface area contributed by atoms with Crippen LogP contribution in [0.3, 0.4) is 0 Å². The molecule has 0 bridgehead atoms. The predicted octanol–water partition coefficient (Wildman–Crippen LogP) is 1.86. The van der Waals surface area contributed by atoms with E-state index in [1.54, 1.807) is 0 Å². The summed E-state index contributed by atoms with van der Waals surface area (Å²) in [5, 5.41) is 5.56. The molecular formula is C12H19N3O. The van der Waals surface area contributed by atoms with Crippen LogP contribution in [-0.2, 0) is 0 Å². The minimum absolute atomic E-state index is 0.164. The van der Waals surface area contributed by atoms with Gasteiger partial charge in [0.25, 0.3) is 0 Å². The van der Waals surface area contributed by atoms with Crippen LogP contribution < -0.4 is 16.4 Å². The first-order valence-corrected chi connectivity index (χ1v) is 5.54. The first-order chi connectivity index (χ1) is 7.72. The van der Waals surface area contributed by atoms with Crippen molar-refractivity contribution in [2.24, 2.45) is 5.73 Å². The van der Waals surface area contributed by atoms with Crippen molar-refractivity contribution in [1.82, 2.24) is 5.32 Å². The van der Waals surface area contributed by atoms with Gasteiger partial charge in [-0.25, -0.2) is 4.79 Å². The normalized spacial score (nSPS) is 9.88. The Hall–Kier alpha value is -1.55. The Kier molecular flexibility index (Phi) is 5.36. The summed E-state index contributed by atoms with van der Waals surface area (Å²) in [7, 11) is 0. The summed E-state index contributed by atoms with van der Waals surface area (Å²) < 4.78 is 0. The van der Waals surface area contributed by atoms with Gasteiger partial charge < -0.3 is 16.4 Å². The van der Waals surface area contributed by atoms with E-state index in [1.807, 2.05) is 31.2 Å². The van der Waals surface area contributed by atoms with E-state index < -0.39 is 0 Å². The first kappa shape index (κ1) is 12.5. The summed E-state index contributed by atoms with van der Waals surface area (Å²) in [6.07, 6.45) is 1.85. The van der Waals surface area contributed by atoms with E-state index in [4.69, 9.17) is 5.73 Å². The van der Waals surface area contributed by atoms with Gasteiger partial charge in [-0.2, -0.15) is 0 Å². The SMILES string of the molecule is Cc1cccc(NC(=O)NCCCCN)c1. The molecule has 2 amide bonds. The van der Waals surface area contributed by atoms with Gasteiger partial charge >= 0.3 is 6.03 Å². The lowest BCUT2D eigenvalue weighted by Gasteiger charge is -2.07. The van der Waals surface area contributed by atoms with Gasteiger partial charge in [0.05, 0.1) is 0 Å². The van der Waals surface area contributed by atoms with Crippen LogP contribution >= 0.6 is 0 Å². The molecule has 0 heterocycles. The first-order valence-electron chi connectivity index (χ1n) is 5.54. The van der Waals surface area contributed by atoms with Gasteiger partial charge in [0.1, 0.15) is 0 Å². The third kappa shape index (κ3) is 4.79. The van der Waals surface area contributed by atoms with E-state index in [9.17, 15) is 4.79 Å². The third-order valence-electron chi connectivity index (χ3n) is 2.19. The Labute approximate surface area is 96.2 Å². The molecule has 0 radical (unpaired) electrons. The van der Waals surface area contributed by atoms with E-state index in [0.29, 0.717) is 13.1 Å². The van der Waals surface area contributed by atoms with Crippen molar-refractivity contribution in [2.45, 2.75) is 19.8 Å². The van der Waals surface area contributed by atoms with Gasteiger partial charge in [-0.15, -0.1) is 0 Å². The number of amides is 2.